The highest BCUT2D eigenvalue weighted by atomic mass is 32.2. The van der Waals surface area contributed by atoms with Gasteiger partial charge in [-0.1, -0.05) is 0 Å². The van der Waals surface area contributed by atoms with E-state index in [0.29, 0.717) is 60.6 Å². The highest BCUT2D eigenvalue weighted by Gasteiger charge is 2.64. The molecule has 0 unspecified atom stereocenters. The number of hydrogen-bond acceptors (Lipinski definition) is 7. The third-order valence-corrected chi connectivity index (χ3v) is 7.90. The Morgan fingerprint density at radius 2 is 1.97 bits per heavy atom. The standard InChI is InChI=1S/C23H23F2N7OS/c24-15-1-2-18(25)17(11-15)23-12-14(23)3-5-31(23)19-4-6-32-21(29-19)16(13-28-32)20(26)34-22(27)30-7-9-33-10-8-30/h1-2,4,6,11,13-14,26-27H,3,5,7-10,12H2/t14-,23+/m0/s1. The van der Waals surface area contributed by atoms with Gasteiger partial charge >= 0.3 is 0 Å². The summed E-state index contributed by atoms with van der Waals surface area (Å²) in [5, 5.41) is 21.8. The van der Waals surface area contributed by atoms with Crippen molar-refractivity contribution in [2.45, 2.75) is 18.4 Å². The zero-order valence-corrected chi connectivity index (χ0v) is 19.1. The molecule has 1 saturated carbocycles. The normalized spacial score (nSPS) is 23.9. The number of anilines is 1. The van der Waals surface area contributed by atoms with Crippen molar-refractivity contribution in [2.75, 3.05) is 37.7 Å². The van der Waals surface area contributed by atoms with E-state index in [1.807, 2.05) is 11.0 Å². The van der Waals surface area contributed by atoms with E-state index < -0.39 is 17.2 Å². The number of piperidine rings is 1. The predicted octanol–water partition coefficient (Wildman–Crippen LogP) is 3.46. The maximum absolute atomic E-state index is 14.7. The summed E-state index contributed by atoms with van der Waals surface area (Å²) in [5.74, 6) is 0.0627. The van der Waals surface area contributed by atoms with Gasteiger partial charge in [-0.05, 0) is 54.8 Å². The fraction of sp³-hybridized carbons (Fsp3) is 0.391. The van der Waals surface area contributed by atoms with Crippen molar-refractivity contribution in [2.24, 2.45) is 5.92 Å². The molecular weight excluding hydrogens is 460 g/mol. The zero-order chi connectivity index (χ0) is 23.4. The van der Waals surface area contributed by atoms with Crippen molar-refractivity contribution in [3.8, 4) is 0 Å². The Morgan fingerprint density at radius 1 is 1.15 bits per heavy atom. The Balaban J connectivity index is 1.31. The van der Waals surface area contributed by atoms with E-state index in [1.54, 1.807) is 16.9 Å². The van der Waals surface area contributed by atoms with Crippen LogP contribution in [0.5, 0.6) is 0 Å². The molecule has 0 bridgehead atoms. The average Bonchev–Trinajstić information content (AvgIpc) is 3.22. The number of halogens is 2. The molecule has 2 atom stereocenters. The second kappa shape index (κ2) is 8.02. The van der Waals surface area contributed by atoms with Crippen LogP contribution in [0, 0.1) is 28.4 Å². The third kappa shape index (κ3) is 3.37. The van der Waals surface area contributed by atoms with Gasteiger partial charge in [0.1, 0.15) is 22.5 Å². The molecule has 0 amide bonds. The van der Waals surface area contributed by atoms with Crippen LogP contribution in [-0.2, 0) is 10.3 Å². The first-order valence-corrected chi connectivity index (χ1v) is 12.0. The van der Waals surface area contributed by atoms with E-state index in [9.17, 15) is 8.78 Å². The number of morpholine rings is 1. The smallest absolute Gasteiger partial charge is 0.167 e. The highest BCUT2D eigenvalue weighted by molar-refractivity contribution is 8.26. The molecule has 0 spiro atoms. The lowest BCUT2D eigenvalue weighted by molar-refractivity contribution is 0.0691. The first-order chi connectivity index (χ1) is 16.5. The van der Waals surface area contributed by atoms with E-state index in [-0.39, 0.29) is 11.0 Å². The Hall–Kier alpha value is -3.05. The Morgan fingerprint density at radius 3 is 2.76 bits per heavy atom. The van der Waals surface area contributed by atoms with Gasteiger partial charge in [0.25, 0.3) is 0 Å². The Kier molecular flexibility index (Phi) is 5.07. The first kappa shape index (κ1) is 21.5. The van der Waals surface area contributed by atoms with E-state index in [0.717, 1.165) is 30.7 Å². The molecule has 3 aliphatic rings. The molecule has 8 nitrogen and oxygen atoms in total. The molecule has 2 saturated heterocycles. The molecule has 1 aromatic carbocycles. The highest BCUT2D eigenvalue weighted by Crippen LogP contribution is 2.63. The lowest BCUT2D eigenvalue weighted by Gasteiger charge is -2.30. The SMILES string of the molecule is N=C(SC(=N)N1CCOCC1)c1cnn2ccc(N3CC[C@H]4C[C@]43c3cc(F)ccc3F)nc12. The van der Waals surface area contributed by atoms with Crippen LogP contribution in [0.15, 0.2) is 36.7 Å². The van der Waals surface area contributed by atoms with Gasteiger partial charge in [0, 0.05) is 31.4 Å². The number of thioether (sulfide) groups is 1. The van der Waals surface area contributed by atoms with Gasteiger partial charge in [-0.3, -0.25) is 10.8 Å². The van der Waals surface area contributed by atoms with Crippen molar-refractivity contribution >= 4 is 33.4 Å². The third-order valence-electron chi connectivity index (χ3n) is 7.02. The van der Waals surface area contributed by atoms with Crippen LogP contribution in [0.25, 0.3) is 5.65 Å². The summed E-state index contributed by atoms with van der Waals surface area (Å²) in [6.07, 6.45) is 5.00. The van der Waals surface area contributed by atoms with Crippen LogP contribution >= 0.6 is 11.8 Å². The number of fused-ring (bicyclic) bond motifs is 2. The van der Waals surface area contributed by atoms with E-state index in [1.165, 1.54) is 12.1 Å². The summed E-state index contributed by atoms with van der Waals surface area (Å²) in [7, 11) is 0. The minimum absolute atomic E-state index is 0.188. The Labute approximate surface area is 198 Å². The predicted molar refractivity (Wildman–Crippen MR) is 126 cm³/mol. The molecule has 2 aliphatic heterocycles. The van der Waals surface area contributed by atoms with Gasteiger partial charge in [-0.25, -0.2) is 18.3 Å². The first-order valence-electron chi connectivity index (χ1n) is 11.2. The van der Waals surface area contributed by atoms with Crippen molar-refractivity contribution in [3.63, 3.8) is 0 Å². The summed E-state index contributed by atoms with van der Waals surface area (Å²) in [6.45, 7) is 3.10. The number of nitrogens with one attached hydrogen (secondary N) is 2. The van der Waals surface area contributed by atoms with Gasteiger partial charge in [-0.2, -0.15) is 5.10 Å². The summed E-state index contributed by atoms with van der Waals surface area (Å²) >= 11 is 1.06. The van der Waals surface area contributed by atoms with Gasteiger partial charge in [0.2, 0.25) is 0 Å². The van der Waals surface area contributed by atoms with E-state index in [2.05, 4.69) is 10.00 Å². The fourth-order valence-electron chi connectivity index (χ4n) is 5.25. The van der Waals surface area contributed by atoms with Gasteiger partial charge < -0.3 is 14.5 Å². The van der Waals surface area contributed by atoms with Crippen LogP contribution < -0.4 is 4.90 Å². The van der Waals surface area contributed by atoms with Gasteiger partial charge in [-0.15, -0.1) is 0 Å². The summed E-state index contributed by atoms with van der Waals surface area (Å²) in [6, 6.07) is 5.47. The molecule has 6 rings (SSSR count). The molecular formula is C23H23F2N7OS. The second-order valence-corrected chi connectivity index (χ2v) is 9.84. The van der Waals surface area contributed by atoms with Crippen molar-refractivity contribution in [1.82, 2.24) is 19.5 Å². The van der Waals surface area contributed by atoms with Crippen LogP contribution in [0.1, 0.15) is 24.0 Å². The molecule has 11 heteroatoms. The lowest BCUT2D eigenvalue weighted by Crippen LogP contribution is -2.39. The number of aromatic nitrogens is 3. The number of ether oxygens (including phenoxy) is 1. The topological polar surface area (TPSA) is 93.6 Å². The van der Waals surface area contributed by atoms with E-state index >= 15 is 0 Å². The molecule has 0 radical (unpaired) electrons. The van der Waals surface area contributed by atoms with E-state index in [4.69, 9.17) is 20.5 Å². The van der Waals surface area contributed by atoms with Crippen LogP contribution in [0.2, 0.25) is 0 Å². The largest absolute Gasteiger partial charge is 0.378 e. The summed E-state index contributed by atoms with van der Waals surface area (Å²) in [4.78, 5) is 8.77. The van der Waals surface area contributed by atoms with Gasteiger partial charge in [0.15, 0.2) is 10.8 Å². The number of nitrogens with zero attached hydrogens (tertiary/aromatic N) is 5. The number of rotatable bonds is 3. The zero-order valence-electron chi connectivity index (χ0n) is 18.3. The summed E-state index contributed by atoms with van der Waals surface area (Å²) in [5.41, 5.74) is 0.831. The van der Waals surface area contributed by atoms with Crippen LogP contribution in [0.3, 0.4) is 0 Å². The average molecular weight is 484 g/mol. The molecule has 2 aromatic heterocycles. The Bertz CT molecular complexity index is 1310. The van der Waals surface area contributed by atoms with Crippen molar-refractivity contribution in [3.05, 3.63) is 59.4 Å². The molecule has 1 aliphatic carbocycles. The molecule has 34 heavy (non-hydrogen) atoms. The quantitative estimate of drug-likeness (QED) is 0.438. The van der Waals surface area contributed by atoms with Crippen molar-refractivity contribution < 1.29 is 13.5 Å². The molecule has 3 fully saturated rings. The molecule has 3 aromatic rings. The lowest BCUT2D eigenvalue weighted by atomic mass is 10.0. The number of benzene rings is 1. The minimum atomic E-state index is -0.585. The maximum Gasteiger partial charge on any atom is 0.167 e. The number of hydrogen-bond donors (Lipinski definition) is 2. The monoisotopic (exact) mass is 483 g/mol. The maximum atomic E-state index is 14.7. The fourth-order valence-corrected chi connectivity index (χ4v) is 6.01. The minimum Gasteiger partial charge on any atom is -0.378 e. The van der Waals surface area contributed by atoms with Gasteiger partial charge in [0.05, 0.1) is 30.5 Å². The molecule has 4 heterocycles. The molecule has 176 valence electrons. The van der Waals surface area contributed by atoms with Crippen LogP contribution in [-0.4, -0.2) is 62.6 Å². The second-order valence-electron chi connectivity index (χ2n) is 8.84. The molecule has 2 N–H and O–H groups in total. The number of amidine groups is 1. The van der Waals surface area contributed by atoms with Crippen LogP contribution in [0.4, 0.5) is 14.6 Å². The van der Waals surface area contributed by atoms with Crippen molar-refractivity contribution in [1.29, 1.82) is 10.8 Å². The summed E-state index contributed by atoms with van der Waals surface area (Å²) < 4.78 is 35.7.